The van der Waals surface area contributed by atoms with Crippen LogP contribution in [0.5, 0.6) is 34.5 Å². The first-order valence-corrected chi connectivity index (χ1v) is 7.03. The topological polar surface area (TPSA) is 137 Å². The minimum absolute atomic E-state index is 0.486. The van der Waals surface area contributed by atoms with Crippen molar-refractivity contribution in [2.45, 2.75) is 0 Å². The SMILES string of the molecule is O=P(O)(Oc1cccc(O)c1O)Oc1cccc(O)c1O. The fourth-order valence-electron chi connectivity index (χ4n) is 1.44. The average molecular weight is 314 g/mol. The molecule has 0 aliphatic carbocycles. The van der Waals surface area contributed by atoms with Crippen molar-refractivity contribution in [2.24, 2.45) is 0 Å². The standard InChI is InChI=1S/C12H11O8P/c13-7-3-1-5-9(11(7)15)19-21(17,18)20-10-6-2-4-8(14)12(10)16/h1-6,13-16H,(H,17,18). The molecule has 2 aromatic carbocycles. The fraction of sp³-hybridized carbons (Fsp3) is 0. The van der Waals surface area contributed by atoms with Crippen molar-refractivity contribution in [3.8, 4) is 34.5 Å². The summed E-state index contributed by atoms with van der Waals surface area (Å²) in [6.45, 7) is 0. The van der Waals surface area contributed by atoms with Crippen LogP contribution in [0.1, 0.15) is 0 Å². The van der Waals surface area contributed by atoms with Crippen LogP contribution in [-0.4, -0.2) is 25.3 Å². The van der Waals surface area contributed by atoms with Gasteiger partial charge in [-0.05, 0) is 24.3 Å². The molecule has 0 saturated heterocycles. The van der Waals surface area contributed by atoms with Crippen LogP contribution < -0.4 is 9.05 Å². The van der Waals surface area contributed by atoms with E-state index in [2.05, 4.69) is 9.05 Å². The van der Waals surface area contributed by atoms with Gasteiger partial charge in [-0.3, -0.25) is 4.89 Å². The second-order valence-corrected chi connectivity index (χ2v) is 5.20. The molecular weight excluding hydrogens is 303 g/mol. The van der Waals surface area contributed by atoms with Gasteiger partial charge in [0.1, 0.15) is 0 Å². The molecule has 2 aromatic rings. The molecule has 21 heavy (non-hydrogen) atoms. The first-order chi connectivity index (χ1) is 9.80. The summed E-state index contributed by atoms with van der Waals surface area (Å²) in [7, 11) is -4.77. The van der Waals surface area contributed by atoms with Crippen molar-refractivity contribution in [1.82, 2.24) is 0 Å². The van der Waals surface area contributed by atoms with E-state index in [-0.39, 0.29) is 0 Å². The Labute approximate surface area is 118 Å². The zero-order chi connectivity index (χ0) is 15.6. The molecule has 0 heterocycles. The summed E-state index contributed by atoms with van der Waals surface area (Å²) in [5, 5.41) is 37.5. The maximum absolute atomic E-state index is 11.8. The second-order valence-electron chi connectivity index (χ2n) is 3.90. The first kappa shape index (κ1) is 14.8. The highest BCUT2D eigenvalue weighted by atomic mass is 31.2. The van der Waals surface area contributed by atoms with E-state index in [9.17, 15) is 29.9 Å². The second kappa shape index (κ2) is 5.43. The Kier molecular flexibility index (Phi) is 3.84. The Hall–Kier alpha value is -2.57. The number of phenols is 4. The van der Waals surface area contributed by atoms with Crippen LogP contribution in [0.15, 0.2) is 36.4 Å². The maximum Gasteiger partial charge on any atom is 0.585 e. The number of phosphoric ester groups is 1. The summed E-state index contributed by atoms with van der Waals surface area (Å²) in [4.78, 5) is 9.58. The van der Waals surface area contributed by atoms with Crippen molar-refractivity contribution < 1.29 is 38.9 Å². The molecule has 112 valence electrons. The monoisotopic (exact) mass is 314 g/mol. The molecule has 2 rings (SSSR count). The predicted molar refractivity (Wildman–Crippen MR) is 70.6 cm³/mol. The third-order valence-electron chi connectivity index (χ3n) is 2.38. The van der Waals surface area contributed by atoms with Crippen molar-refractivity contribution in [3.05, 3.63) is 36.4 Å². The van der Waals surface area contributed by atoms with Gasteiger partial charge in [0.05, 0.1) is 0 Å². The highest BCUT2D eigenvalue weighted by Crippen LogP contribution is 2.51. The summed E-state index contributed by atoms with van der Waals surface area (Å²) < 4.78 is 21.0. The zero-order valence-electron chi connectivity index (χ0n) is 10.4. The average Bonchev–Trinajstić information content (AvgIpc) is 2.40. The molecule has 5 N–H and O–H groups in total. The largest absolute Gasteiger partial charge is 0.585 e. The first-order valence-electron chi connectivity index (χ1n) is 5.54. The summed E-state index contributed by atoms with van der Waals surface area (Å²) >= 11 is 0. The number of benzene rings is 2. The van der Waals surface area contributed by atoms with Gasteiger partial charge in [-0.25, -0.2) is 4.57 Å². The highest BCUT2D eigenvalue weighted by molar-refractivity contribution is 7.48. The van der Waals surface area contributed by atoms with Crippen LogP contribution in [0.2, 0.25) is 0 Å². The van der Waals surface area contributed by atoms with E-state index in [0.29, 0.717) is 0 Å². The van der Waals surface area contributed by atoms with Gasteiger partial charge in [0.15, 0.2) is 23.0 Å². The molecule has 0 saturated carbocycles. The minimum Gasteiger partial charge on any atom is -0.504 e. The third-order valence-corrected chi connectivity index (χ3v) is 3.24. The Morgan fingerprint density at radius 3 is 1.52 bits per heavy atom. The van der Waals surface area contributed by atoms with E-state index >= 15 is 0 Å². The molecule has 0 fully saturated rings. The lowest BCUT2D eigenvalue weighted by Gasteiger charge is -2.15. The lowest BCUT2D eigenvalue weighted by Crippen LogP contribution is -2.00. The van der Waals surface area contributed by atoms with Gasteiger partial charge in [-0.1, -0.05) is 12.1 Å². The number of rotatable bonds is 4. The molecule has 0 aliphatic heterocycles. The molecule has 0 bridgehead atoms. The Morgan fingerprint density at radius 1 is 0.762 bits per heavy atom. The number of aromatic hydroxyl groups is 4. The van der Waals surface area contributed by atoms with Gasteiger partial charge in [0, 0.05) is 0 Å². The van der Waals surface area contributed by atoms with E-state index in [1.807, 2.05) is 0 Å². The molecule has 8 nitrogen and oxygen atoms in total. The summed E-state index contributed by atoms with van der Waals surface area (Å²) in [5.41, 5.74) is 0. The van der Waals surface area contributed by atoms with Gasteiger partial charge >= 0.3 is 7.82 Å². The Morgan fingerprint density at radius 2 is 1.14 bits per heavy atom. The van der Waals surface area contributed by atoms with Crippen LogP contribution in [-0.2, 0) is 4.57 Å². The van der Waals surface area contributed by atoms with Crippen molar-refractivity contribution in [2.75, 3.05) is 0 Å². The summed E-state index contributed by atoms with van der Waals surface area (Å²) in [6, 6.07) is 7.10. The van der Waals surface area contributed by atoms with Gasteiger partial charge in [-0.15, -0.1) is 0 Å². The molecule has 0 aromatic heterocycles. The van der Waals surface area contributed by atoms with E-state index in [1.165, 1.54) is 12.1 Å². The van der Waals surface area contributed by atoms with Gasteiger partial charge in [0.2, 0.25) is 11.5 Å². The van der Waals surface area contributed by atoms with Gasteiger partial charge < -0.3 is 29.5 Å². The molecule has 0 aliphatic rings. The Bertz CT molecular complexity index is 657. The quantitative estimate of drug-likeness (QED) is 0.427. The van der Waals surface area contributed by atoms with Crippen LogP contribution >= 0.6 is 7.82 Å². The van der Waals surface area contributed by atoms with Gasteiger partial charge in [-0.2, -0.15) is 0 Å². The van der Waals surface area contributed by atoms with Crippen LogP contribution in [0.25, 0.3) is 0 Å². The maximum atomic E-state index is 11.8. The Balaban J connectivity index is 2.25. The molecule has 0 amide bonds. The normalized spacial score (nSPS) is 11.1. The van der Waals surface area contributed by atoms with E-state index in [0.717, 1.165) is 24.3 Å². The molecule has 9 heteroatoms. The van der Waals surface area contributed by atoms with Crippen LogP contribution in [0.3, 0.4) is 0 Å². The number of phosphoric acid groups is 1. The van der Waals surface area contributed by atoms with Crippen molar-refractivity contribution in [1.29, 1.82) is 0 Å². The van der Waals surface area contributed by atoms with Crippen molar-refractivity contribution >= 4 is 7.82 Å². The molecule has 0 radical (unpaired) electrons. The number of para-hydroxylation sites is 2. The summed E-state index contributed by atoms with van der Waals surface area (Å²) in [5.74, 6) is -3.55. The summed E-state index contributed by atoms with van der Waals surface area (Å²) in [6.07, 6.45) is 0. The number of hydrogen-bond acceptors (Lipinski definition) is 7. The third kappa shape index (κ3) is 3.31. The number of phenolic OH excluding ortho intramolecular Hbond substituents is 4. The van der Waals surface area contributed by atoms with E-state index in [1.54, 1.807) is 0 Å². The van der Waals surface area contributed by atoms with Crippen molar-refractivity contribution in [3.63, 3.8) is 0 Å². The zero-order valence-corrected chi connectivity index (χ0v) is 11.3. The lowest BCUT2D eigenvalue weighted by atomic mass is 10.3. The molecular formula is C12H11O8P. The van der Waals surface area contributed by atoms with Crippen LogP contribution in [0.4, 0.5) is 0 Å². The predicted octanol–water partition coefficient (Wildman–Crippen LogP) is 2.07. The fourth-order valence-corrected chi connectivity index (χ4v) is 2.27. The van der Waals surface area contributed by atoms with Gasteiger partial charge in [0.25, 0.3) is 0 Å². The molecule has 0 unspecified atom stereocenters. The highest BCUT2D eigenvalue weighted by Gasteiger charge is 2.29. The van der Waals surface area contributed by atoms with E-state index < -0.39 is 42.3 Å². The number of hydrogen-bond donors (Lipinski definition) is 5. The minimum atomic E-state index is -4.77. The smallest absolute Gasteiger partial charge is 0.504 e. The van der Waals surface area contributed by atoms with E-state index in [4.69, 9.17) is 0 Å². The van der Waals surface area contributed by atoms with Crippen LogP contribution in [0, 0.1) is 0 Å². The lowest BCUT2D eigenvalue weighted by molar-refractivity contribution is 0.276. The molecule has 0 atom stereocenters. The molecule has 0 spiro atoms.